The standard InChI is InChI=1S/C17H24ClN3/c1-5-19-11-14(15-9-7-6-8-12(15)2)10-16-17(18)13(3)20-21(16)4/h6-9,14,19H,5,10-11H2,1-4H3. The molecule has 1 aromatic carbocycles. The van der Waals surface area contributed by atoms with Gasteiger partial charge in [0.05, 0.1) is 16.4 Å². The number of nitrogens with zero attached hydrogens (tertiary/aromatic N) is 2. The summed E-state index contributed by atoms with van der Waals surface area (Å²) in [6.45, 7) is 8.18. The van der Waals surface area contributed by atoms with Crippen molar-refractivity contribution >= 4 is 11.6 Å². The molecule has 1 atom stereocenters. The maximum atomic E-state index is 6.42. The zero-order valence-corrected chi connectivity index (χ0v) is 14.0. The predicted molar refractivity (Wildman–Crippen MR) is 89.1 cm³/mol. The molecule has 0 aliphatic heterocycles. The highest BCUT2D eigenvalue weighted by Crippen LogP contribution is 2.28. The number of benzene rings is 1. The quantitative estimate of drug-likeness (QED) is 0.883. The first kappa shape index (κ1) is 16.1. The van der Waals surface area contributed by atoms with E-state index in [4.69, 9.17) is 11.6 Å². The van der Waals surface area contributed by atoms with Crippen LogP contribution in [0.1, 0.15) is 35.4 Å². The van der Waals surface area contributed by atoms with Crippen LogP contribution in [0.4, 0.5) is 0 Å². The Bertz CT molecular complexity index is 604. The third-order valence-corrected chi connectivity index (χ3v) is 4.46. The monoisotopic (exact) mass is 305 g/mol. The van der Waals surface area contributed by atoms with Gasteiger partial charge in [0.15, 0.2) is 0 Å². The molecule has 0 fully saturated rings. The van der Waals surface area contributed by atoms with Crippen molar-refractivity contribution in [1.82, 2.24) is 15.1 Å². The van der Waals surface area contributed by atoms with Crippen LogP contribution in [0.3, 0.4) is 0 Å². The topological polar surface area (TPSA) is 29.9 Å². The van der Waals surface area contributed by atoms with Crippen LogP contribution >= 0.6 is 11.6 Å². The van der Waals surface area contributed by atoms with Gasteiger partial charge >= 0.3 is 0 Å². The summed E-state index contributed by atoms with van der Waals surface area (Å²) in [5.41, 5.74) is 4.73. The van der Waals surface area contributed by atoms with Crippen LogP contribution in [0.15, 0.2) is 24.3 Å². The second kappa shape index (κ2) is 7.10. The van der Waals surface area contributed by atoms with E-state index in [-0.39, 0.29) is 0 Å². The average Bonchev–Trinajstić information content (AvgIpc) is 2.70. The molecule has 0 saturated carbocycles. The van der Waals surface area contributed by atoms with Crippen LogP contribution in [0.25, 0.3) is 0 Å². The lowest BCUT2D eigenvalue weighted by Crippen LogP contribution is -2.24. The summed E-state index contributed by atoms with van der Waals surface area (Å²) >= 11 is 6.42. The van der Waals surface area contributed by atoms with Gasteiger partial charge in [0, 0.05) is 19.5 Å². The first-order valence-electron chi connectivity index (χ1n) is 7.48. The van der Waals surface area contributed by atoms with Crippen LogP contribution in [-0.2, 0) is 13.5 Å². The fraction of sp³-hybridized carbons (Fsp3) is 0.471. The molecule has 0 amide bonds. The Balaban J connectivity index is 2.31. The van der Waals surface area contributed by atoms with Gasteiger partial charge in [0.1, 0.15) is 0 Å². The first-order chi connectivity index (χ1) is 10.0. The lowest BCUT2D eigenvalue weighted by atomic mass is 9.90. The Labute approximate surface area is 132 Å². The summed E-state index contributed by atoms with van der Waals surface area (Å²) < 4.78 is 1.91. The molecule has 1 unspecified atom stereocenters. The molecule has 21 heavy (non-hydrogen) atoms. The maximum Gasteiger partial charge on any atom is 0.0847 e. The van der Waals surface area contributed by atoms with E-state index in [2.05, 4.69) is 48.5 Å². The molecule has 1 N–H and O–H groups in total. The summed E-state index contributed by atoms with van der Waals surface area (Å²) in [5, 5.41) is 8.69. The number of nitrogens with one attached hydrogen (secondary N) is 1. The van der Waals surface area contributed by atoms with Gasteiger partial charge in [-0.05, 0) is 37.9 Å². The number of hydrogen-bond acceptors (Lipinski definition) is 2. The van der Waals surface area contributed by atoms with Crippen molar-refractivity contribution in [2.24, 2.45) is 7.05 Å². The number of hydrogen-bond donors (Lipinski definition) is 1. The highest BCUT2D eigenvalue weighted by molar-refractivity contribution is 6.31. The van der Waals surface area contributed by atoms with E-state index in [9.17, 15) is 0 Å². The molecule has 0 bridgehead atoms. The second-order valence-corrected chi connectivity index (χ2v) is 5.91. The molecular formula is C17H24ClN3. The van der Waals surface area contributed by atoms with Gasteiger partial charge in [-0.3, -0.25) is 4.68 Å². The Morgan fingerprint density at radius 2 is 2.00 bits per heavy atom. The smallest absolute Gasteiger partial charge is 0.0847 e. The summed E-state index contributed by atoms with van der Waals surface area (Å²) in [4.78, 5) is 0. The minimum atomic E-state index is 0.401. The largest absolute Gasteiger partial charge is 0.316 e. The van der Waals surface area contributed by atoms with Crippen molar-refractivity contribution in [3.63, 3.8) is 0 Å². The van der Waals surface area contributed by atoms with Crippen molar-refractivity contribution in [3.05, 3.63) is 51.8 Å². The van der Waals surface area contributed by atoms with Crippen molar-refractivity contribution in [3.8, 4) is 0 Å². The molecule has 3 nitrogen and oxygen atoms in total. The maximum absolute atomic E-state index is 6.42. The van der Waals surface area contributed by atoms with Crippen LogP contribution in [0.5, 0.6) is 0 Å². The van der Waals surface area contributed by atoms with Gasteiger partial charge in [-0.25, -0.2) is 0 Å². The van der Waals surface area contributed by atoms with Crippen LogP contribution in [0.2, 0.25) is 5.02 Å². The van der Waals surface area contributed by atoms with Crippen LogP contribution in [0, 0.1) is 13.8 Å². The van der Waals surface area contributed by atoms with E-state index in [1.807, 2.05) is 18.7 Å². The minimum absolute atomic E-state index is 0.401. The average molecular weight is 306 g/mol. The zero-order valence-electron chi connectivity index (χ0n) is 13.3. The van der Waals surface area contributed by atoms with Crippen molar-refractivity contribution < 1.29 is 0 Å². The fourth-order valence-electron chi connectivity index (χ4n) is 2.79. The Kier molecular flexibility index (Phi) is 5.43. The normalized spacial score (nSPS) is 12.6. The first-order valence-corrected chi connectivity index (χ1v) is 7.86. The van der Waals surface area contributed by atoms with E-state index in [1.165, 1.54) is 11.1 Å². The highest BCUT2D eigenvalue weighted by Gasteiger charge is 2.19. The molecule has 0 aliphatic rings. The number of aromatic nitrogens is 2. The van der Waals surface area contributed by atoms with Crippen molar-refractivity contribution in [1.29, 1.82) is 0 Å². The fourth-order valence-corrected chi connectivity index (χ4v) is 3.03. The third-order valence-electron chi connectivity index (χ3n) is 3.97. The number of rotatable bonds is 6. The lowest BCUT2D eigenvalue weighted by molar-refractivity contribution is 0.568. The Morgan fingerprint density at radius 3 is 2.57 bits per heavy atom. The lowest BCUT2D eigenvalue weighted by Gasteiger charge is -2.20. The van der Waals surface area contributed by atoms with Crippen molar-refractivity contribution in [2.45, 2.75) is 33.1 Å². The summed E-state index contributed by atoms with van der Waals surface area (Å²) in [6.07, 6.45) is 0.897. The summed E-state index contributed by atoms with van der Waals surface area (Å²) in [7, 11) is 1.97. The number of halogens is 1. The van der Waals surface area contributed by atoms with Gasteiger partial charge < -0.3 is 5.32 Å². The molecule has 1 heterocycles. The molecule has 2 rings (SSSR count). The number of likely N-dealkylation sites (N-methyl/N-ethyl adjacent to an activating group) is 1. The third kappa shape index (κ3) is 3.66. The predicted octanol–water partition coefficient (Wildman–Crippen LogP) is 3.63. The molecule has 4 heteroatoms. The highest BCUT2D eigenvalue weighted by atomic mass is 35.5. The van der Waals surface area contributed by atoms with E-state index in [0.717, 1.165) is 35.9 Å². The van der Waals surface area contributed by atoms with Crippen LogP contribution in [-0.4, -0.2) is 22.9 Å². The minimum Gasteiger partial charge on any atom is -0.316 e. The Morgan fingerprint density at radius 1 is 1.29 bits per heavy atom. The molecule has 0 saturated heterocycles. The van der Waals surface area contributed by atoms with E-state index in [0.29, 0.717) is 5.92 Å². The van der Waals surface area contributed by atoms with Gasteiger partial charge in [-0.2, -0.15) is 5.10 Å². The van der Waals surface area contributed by atoms with Crippen LogP contribution < -0.4 is 5.32 Å². The van der Waals surface area contributed by atoms with Gasteiger partial charge in [-0.15, -0.1) is 0 Å². The second-order valence-electron chi connectivity index (χ2n) is 5.54. The van der Waals surface area contributed by atoms with Gasteiger partial charge in [0.2, 0.25) is 0 Å². The van der Waals surface area contributed by atoms with E-state index in [1.54, 1.807) is 0 Å². The van der Waals surface area contributed by atoms with Gasteiger partial charge in [0.25, 0.3) is 0 Å². The summed E-state index contributed by atoms with van der Waals surface area (Å²) in [6, 6.07) is 8.58. The SMILES string of the molecule is CCNCC(Cc1c(Cl)c(C)nn1C)c1ccccc1C. The van der Waals surface area contributed by atoms with Crippen molar-refractivity contribution in [2.75, 3.05) is 13.1 Å². The zero-order chi connectivity index (χ0) is 15.4. The number of aryl methyl sites for hydroxylation is 3. The molecule has 2 aromatic rings. The molecule has 0 aliphatic carbocycles. The molecule has 1 aromatic heterocycles. The summed E-state index contributed by atoms with van der Waals surface area (Å²) in [5.74, 6) is 0.401. The van der Waals surface area contributed by atoms with Gasteiger partial charge in [-0.1, -0.05) is 42.8 Å². The Hall–Kier alpha value is -1.32. The molecule has 114 valence electrons. The molecule has 0 spiro atoms. The van der Waals surface area contributed by atoms with E-state index < -0.39 is 0 Å². The van der Waals surface area contributed by atoms with E-state index >= 15 is 0 Å². The molecule has 0 radical (unpaired) electrons. The molecular weight excluding hydrogens is 282 g/mol.